The Kier molecular flexibility index (Phi) is 8.13. The van der Waals surface area contributed by atoms with Crippen molar-refractivity contribution in [2.45, 2.75) is 51.3 Å². The number of sulfonamides is 1. The Bertz CT molecular complexity index is 1100. The maximum absolute atomic E-state index is 12.8. The zero-order valence-electron chi connectivity index (χ0n) is 17.8. The lowest BCUT2D eigenvalue weighted by Gasteiger charge is -2.21. The highest BCUT2D eigenvalue weighted by Gasteiger charge is 2.24. The molecule has 0 heterocycles. The maximum Gasteiger partial charge on any atom is 0.333 e. The van der Waals surface area contributed by atoms with Crippen LogP contribution in [0.2, 0.25) is 5.02 Å². The van der Waals surface area contributed by atoms with E-state index in [1.54, 1.807) is 0 Å². The summed E-state index contributed by atoms with van der Waals surface area (Å²) in [5.41, 5.74) is 2.88. The Labute approximate surface area is 196 Å². The minimum Gasteiger partial charge on any atom is -0.411 e. The summed E-state index contributed by atoms with van der Waals surface area (Å²) in [6.45, 7) is 9.46. The van der Waals surface area contributed by atoms with Gasteiger partial charge >= 0.3 is 6.03 Å². The molecule has 0 aromatic heterocycles. The predicted octanol–water partition coefficient (Wildman–Crippen LogP) is 6.06. The molecule has 0 atom stereocenters. The second-order valence-corrected chi connectivity index (χ2v) is 10.6. The van der Waals surface area contributed by atoms with Crippen molar-refractivity contribution in [3.05, 3.63) is 56.5 Å². The van der Waals surface area contributed by atoms with Gasteiger partial charge in [0.1, 0.15) is 4.90 Å². The van der Waals surface area contributed by atoms with Crippen LogP contribution in [0.15, 0.2) is 44.9 Å². The first-order valence-corrected chi connectivity index (χ1v) is 12.2. The number of urea groups is 1. The summed E-state index contributed by atoms with van der Waals surface area (Å²) in [6, 6.07) is 7.02. The smallest absolute Gasteiger partial charge is 0.333 e. The van der Waals surface area contributed by atoms with Crippen LogP contribution in [0.5, 0.6) is 0 Å². The molecule has 2 rings (SSSR count). The average molecular weight is 531 g/mol. The topological polar surface area (TPSA) is 108 Å². The summed E-state index contributed by atoms with van der Waals surface area (Å²) >= 11 is 9.56. The Morgan fingerprint density at radius 2 is 1.65 bits per heavy atom. The zero-order chi connectivity index (χ0) is 23.5. The van der Waals surface area contributed by atoms with E-state index in [0.717, 1.165) is 15.6 Å². The molecule has 0 bridgehead atoms. The van der Waals surface area contributed by atoms with Gasteiger partial charge in [-0.25, -0.2) is 17.9 Å². The largest absolute Gasteiger partial charge is 0.411 e. The number of oxime groups is 1. The lowest BCUT2D eigenvalue weighted by Crippen LogP contribution is -2.35. The fraction of sp³-hybridized carbons (Fsp3) is 0.333. The lowest BCUT2D eigenvalue weighted by atomic mass is 9.93. The highest BCUT2D eigenvalue weighted by Crippen LogP contribution is 2.35. The Morgan fingerprint density at radius 3 is 2.13 bits per heavy atom. The van der Waals surface area contributed by atoms with Gasteiger partial charge in [0, 0.05) is 15.7 Å². The summed E-state index contributed by atoms with van der Waals surface area (Å²) in [7, 11) is -4.29. The summed E-state index contributed by atoms with van der Waals surface area (Å²) in [5.74, 6) is 0.183. The quantitative estimate of drug-likeness (QED) is 0.240. The third-order valence-electron chi connectivity index (χ3n) is 4.66. The second kappa shape index (κ2) is 10.0. The van der Waals surface area contributed by atoms with Crippen molar-refractivity contribution in [3.63, 3.8) is 0 Å². The molecule has 0 unspecified atom stereocenters. The molecule has 0 aliphatic heterocycles. The molecule has 31 heavy (non-hydrogen) atoms. The molecule has 0 saturated carbocycles. The van der Waals surface area contributed by atoms with Crippen LogP contribution in [0.3, 0.4) is 0 Å². The van der Waals surface area contributed by atoms with Gasteiger partial charge < -0.3 is 10.5 Å². The van der Waals surface area contributed by atoms with Crippen LogP contribution < -0.4 is 10.0 Å². The van der Waals surface area contributed by atoms with E-state index in [9.17, 15) is 13.2 Å². The summed E-state index contributed by atoms with van der Waals surface area (Å²) in [5, 5.41) is 14.6. The fourth-order valence-corrected chi connectivity index (χ4v) is 4.94. The maximum atomic E-state index is 12.8. The van der Waals surface area contributed by atoms with Crippen LogP contribution in [0.4, 0.5) is 10.5 Å². The zero-order valence-corrected chi connectivity index (χ0v) is 21.0. The van der Waals surface area contributed by atoms with Gasteiger partial charge in [0.05, 0.1) is 10.7 Å². The van der Waals surface area contributed by atoms with Crippen LogP contribution in [0, 0.1) is 0 Å². The highest BCUT2D eigenvalue weighted by molar-refractivity contribution is 9.10. The number of nitrogens with one attached hydrogen (secondary N) is 2. The molecule has 2 amide bonds. The van der Waals surface area contributed by atoms with Crippen molar-refractivity contribution in [2.75, 3.05) is 5.32 Å². The molecule has 0 spiro atoms. The number of halogens is 2. The van der Waals surface area contributed by atoms with Gasteiger partial charge in [-0.1, -0.05) is 66.4 Å². The van der Waals surface area contributed by atoms with E-state index in [0.29, 0.717) is 11.3 Å². The lowest BCUT2D eigenvalue weighted by molar-refractivity contribution is 0.256. The number of anilines is 1. The molecule has 0 aliphatic carbocycles. The Balaban J connectivity index is 2.41. The first-order valence-electron chi connectivity index (χ1n) is 9.53. The summed E-state index contributed by atoms with van der Waals surface area (Å²) < 4.78 is 28.6. The minimum atomic E-state index is -4.29. The van der Waals surface area contributed by atoms with Crippen LogP contribution >= 0.6 is 27.5 Å². The molecular formula is C21H25BrClN3O4S. The van der Waals surface area contributed by atoms with Gasteiger partial charge in [-0.15, -0.1) is 0 Å². The number of hydrogen-bond donors (Lipinski definition) is 3. The van der Waals surface area contributed by atoms with E-state index in [1.165, 1.54) is 25.1 Å². The standard InChI is InChI=1S/C21H25BrClN3O4S/c1-11(2)16-9-15(22)10-17(12(3)4)20(16)24-21(27)26-31(29,30)19-8-14(13(5)25-28)6-7-18(19)23/h6-12,28H,1-5H3,(H2,24,26,27). The number of benzene rings is 2. The van der Waals surface area contributed by atoms with Gasteiger partial charge in [0.2, 0.25) is 0 Å². The van der Waals surface area contributed by atoms with E-state index in [1.807, 2.05) is 44.5 Å². The van der Waals surface area contributed by atoms with Crippen molar-refractivity contribution in [3.8, 4) is 0 Å². The number of hydrogen-bond acceptors (Lipinski definition) is 5. The van der Waals surface area contributed by atoms with E-state index in [2.05, 4.69) is 26.4 Å². The monoisotopic (exact) mass is 529 g/mol. The molecule has 0 radical (unpaired) electrons. The van der Waals surface area contributed by atoms with E-state index in [-0.39, 0.29) is 27.5 Å². The second-order valence-electron chi connectivity index (χ2n) is 7.66. The van der Waals surface area contributed by atoms with Crippen LogP contribution in [0.25, 0.3) is 0 Å². The Hall–Kier alpha value is -2.10. The minimum absolute atomic E-state index is 0.0656. The normalized spacial score (nSPS) is 12.4. The first kappa shape index (κ1) is 25.2. The van der Waals surface area contributed by atoms with Crippen molar-refractivity contribution >= 4 is 55.0 Å². The predicted molar refractivity (Wildman–Crippen MR) is 127 cm³/mol. The van der Waals surface area contributed by atoms with Gasteiger partial charge in [0.15, 0.2) is 0 Å². The van der Waals surface area contributed by atoms with Gasteiger partial charge in [-0.3, -0.25) is 0 Å². The first-order chi connectivity index (χ1) is 14.4. The van der Waals surface area contributed by atoms with E-state index >= 15 is 0 Å². The number of rotatable bonds is 6. The number of amides is 2. The number of nitrogens with zero attached hydrogens (tertiary/aromatic N) is 1. The summed E-state index contributed by atoms with van der Waals surface area (Å²) in [6.07, 6.45) is 0. The molecule has 168 valence electrons. The molecule has 7 nitrogen and oxygen atoms in total. The molecule has 0 saturated heterocycles. The van der Waals surface area contributed by atoms with Crippen molar-refractivity contribution < 1.29 is 18.4 Å². The highest BCUT2D eigenvalue weighted by atomic mass is 79.9. The molecule has 3 N–H and O–H groups in total. The van der Waals surface area contributed by atoms with Crippen molar-refractivity contribution in [1.82, 2.24) is 4.72 Å². The third-order valence-corrected chi connectivity index (χ3v) is 6.93. The summed E-state index contributed by atoms with van der Waals surface area (Å²) in [4.78, 5) is 12.4. The molecule has 2 aromatic rings. The van der Waals surface area contributed by atoms with Crippen molar-refractivity contribution in [2.24, 2.45) is 5.16 Å². The van der Waals surface area contributed by atoms with E-state index < -0.39 is 16.1 Å². The Morgan fingerprint density at radius 1 is 1.10 bits per heavy atom. The number of carbonyl (C=O) groups is 1. The van der Waals surface area contributed by atoms with Gasteiger partial charge in [-0.05, 0) is 54.2 Å². The molecule has 0 fully saturated rings. The van der Waals surface area contributed by atoms with Gasteiger partial charge in [-0.2, -0.15) is 0 Å². The fourth-order valence-electron chi connectivity index (χ4n) is 3.01. The molecule has 0 aliphatic rings. The molecule has 2 aromatic carbocycles. The van der Waals surface area contributed by atoms with E-state index in [4.69, 9.17) is 16.8 Å². The van der Waals surface area contributed by atoms with Crippen LogP contribution in [-0.2, 0) is 10.0 Å². The van der Waals surface area contributed by atoms with Gasteiger partial charge in [0.25, 0.3) is 10.0 Å². The number of carbonyl (C=O) groups excluding carboxylic acids is 1. The third kappa shape index (κ3) is 5.99. The SMILES string of the molecule is CC(=NO)c1ccc(Cl)c(S(=O)(=O)NC(=O)Nc2c(C(C)C)cc(Br)cc2C(C)C)c1. The van der Waals surface area contributed by atoms with Crippen LogP contribution in [0.1, 0.15) is 63.1 Å². The average Bonchev–Trinajstić information content (AvgIpc) is 2.67. The van der Waals surface area contributed by atoms with Crippen molar-refractivity contribution in [1.29, 1.82) is 0 Å². The molecular weight excluding hydrogens is 506 g/mol. The van der Waals surface area contributed by atoms with Crippen LogP contribution in [-0.4, -0.2) is 25.4 Å². The molecule has 10 heteroatoms.